The van der Waals surface area contributed by atoms with Crippen molar-refractivity contribution in [2.24, 2.45) is 5.92 Å². The second-order valence-electron chi connectivity index (χ2n) is 10.6. The van der Waals surface area contributed by atoms with Crippen molar-refractivity contribution in [1.82, 2.24) is 5.32 Å². The molecule has 0 bridgehead atoms. The molecule has 1 aliphatic rings. The van der Waals surface area contributed by atoms with E-state index in [1.165, 1.54) is 6.92 Å². The summed E-state index contributed by atoms with van der Waals surface area (Å²) in [6, 6.07) is 32.8. The van der Waals surface area contributed by atoms with Gasteiger partial charge < -0.3 is 25.2 Å². The summed E-state index contributed by atoms with van der Waals surface area (Å²) in [7, 11) is 0. The lowest BCUT2D eigenvalue weighted by Gasteiger charge is -2.41. The summed E-state index contributed by atoms with van der Waals surface area (Å²) in [4.78, 5) is 24.9. The highest BCUT2D eigenvalue weighted by molar-refractivity contribution is 7.99. The highest BCUT2D eigenvalue weighted by Crippen LogP contribution is 2.43. The number of aliphatic hydroxyl groups excluding tert-OH is 1. The average Bonchev–Trinajstić information content (AvgIpc) is 3.04. The monoisotopic (exact) mass is 596 g/mol. The average molecular weight is 597 g/mol. The first-order valence-corrected chi connectivity index (χ1v) is 15.3. The van der Waals surface area contributed by atoms with Crippen LogP contribution in [-0.4, -0.2) is 28.8 Å². The van der Waals surface area contributed by atoms with E-state index in [9.17, 15) is 14.7 Å². The second kappa shape index (κ2) is 14.5. The molecule has 4 aromatic carbocycles. The molecule has 8 heteroatoms. The zero-order chi connectivity index (χ0) is 30.2. The van der Waals surface area contributed by atoms with E-state index in [0.717, 1.165) is 38.6 Å². The fourth-order valence-electron chi connectivity index (χ4n) is 4.99. The maximum Gasteiger partial charge on any atom is 0.251 e. The van der Waals surface area contributed by atoms with Gasteiger partial charge in [0.2, 0.25) is 5.91 Å². The number of carbonyl (C=O) groups is 2. The Morgan fingerprint density at radius 2 is 1.47 bits per heavy atom. The zero-order valence-corrected chi connectivity index (χ0v) is 25.1. The van der Waals surface area contributed by atoms with Gasteiger partial charge in [-0.05, 0) is 53.1 Å². The van der Waals surface area contributed by atoms with Crippen molar-refractivity contribution < 1.29 is 24.2 Å². The molecule has 43 heavy (non-hydrogen) atoms. The van der Waals surface area contributed by atoms with Crippen LogP contribution in [0, 0.1) is 5.92 Å². The van der Waals surface area contributed by atoms with Crippen molar-refractivity contribution >= 4 is 29.3 Å². The topological polar surface area (TPSA) is 96.9 Å². The molecule has 4 unspecified atom stereocenters. The lowest BCUT2D eigenvalue weighted by molar-refractivity contribution is -0.268. The molecule has 1 saturated heterocycles. The minimum absolute atomic E-state index is 0.00869. The highest BCUT2D eigenvalue weighted by atomic mass is 32.2. The van der Waals surface area contributed by atoms with Gasteiger partial charge in [-0.3, -0.25) is 9.59 Å². The maximum absolute atomic E-state index is 12.4. The van der Waals surface area contributed by atoms with Crippen LogP contribution in [0.15, 0.2) is 108 Å². The number of amides is 2. The number of nitrogens with one attached hydrogen (secondary N) is 2. The quantitative estimate of drug-likeness (QED) is 0.177. The SMILES string of the molecule is CC(=O)Nc1ccc(SCC2OC(c3ccc(CNC(=O)c4ccccc4)cc3)OC(c3ccc(CO)cc3)C2C)cc1. The van der Waals surface area contributed by atoms with E-state index in [1.54, 1.807) is 23.9 Å². The van der Waals surface area contributed by atoms with Crippen LogP contribution >= 0.6 is 11.8 Å². The van der Waals surface area contributed by atoms with Gasteiger partial charge in [0.25, 0.3) is 5.91 Å². The Balaban J connectivity index is 1.29. The molecule has 4 atom stereocenters. The summed E-state index contributed by atoms with van der Waals surface area (Å²) < 4.78 is 13.1. The molecule has 0 radical (unpaired) electrons. The molecular formula is C35H36N2O5S. The number of thioether (sulfide) groups is 1. The summed E-state index contributed by atoms with van der Waals surface area (Å²) in [5, 5.41) is 15.3. The summed E-state index contributed by atoms with van der Waals surface area (Å²) in [5.41, 5.74) is 5.16. The van der Waals surface area contributed by atoms with Crippen molar-refractivity contribution in [3.05, 3.63) is 131 Å². The minimum Gasteiger partial charge on any atom is -0.392 e. The molecule has 5 rings (SSSR count). The molecule has 4 aromatic rings. The zero-order valence-electron chi connectivity index (χ0n) is 24.2. The fraction of sp³-hybridized carbons (Fsp3) is 0.257. The first-order chi connectivity index (χ1) is 20.9. The first-order valence-electron chi connectivity index (χ1n) is 14.3. The van der Waals surface area contributed by atoms with Crippen LogP contribution in [0.4, 0.5) is 5.69 Å². The third-order valence-corrected chi connectivity index (χ3v) is 8.55. The van der Waals surface area contributed by atoms with Crippen molar-refractivity contribution in [2.45, 2.75) is 50.4 Å². The molecule has 0 saturated carbocycles. The Hall–Kier alpha value is -3.95. The van der Waals surface area contributed by atoms with Gasteiger partial charge in [-0.1, -0.05) is 73.7 Å². The van der Waals surface area contributed by atoms with Gasteiger partial charge in [0.1, 0.15) is 0 Å². The van der Waals surface area contributed by atoms with Crippen LogP contribution in [-0.2, 0) is 27.4 Å². The van der Waals surface area contributed by atoms with Crippen LogP contribution in [0.25, 0.3) is 0 Å². The van der Waals surface area contributed by atoms with Gasteiger partial charge in [-0.25, -0.2) is 0 Å². The summed E-state index contributed by atoms with van der Waals surface area (Å²) in [6.07, 6.45) is -0.880. The van der Waals surface area contributed by atoms with E-state index in [4.69, 9.17) is 9.47 Å². The number of aliphatic hydroxyl groups is 1. The third-order valence-electron chi connectivity index (χ3n) is 7.45. The van der Waals surface area contributed by atoms with Crippen molar-refractivity contribution in [3.63, 3.8) is 0 Å². The van der Waals surface area contributed by atoms with E-state index < -0.39 is 6.29 Å². The predicted octanol–water partition coefficient (Wildman–Crippen LogP) is 6.65. The van der Waals surface area contributed by atoms with Gasteiger partial charge >= 0.3 is 0 Å². The molecule has 0 aliphatic carbocycles. The number of hydrogen-bond donors (Lipinski definition) is 3. The van der Waals surface area contributed by atoms with Crippen molar-refractivity contribution in [3.8, 4) is 0 Å². The van der Waals surface area contributed by atoms with Gasteiger partial charge in [0.15, 0.2) is 6.29 Å². The van der Waals surface area contributed by atoms with E-state index >= 15 is 0 Å². The molecule has 0 spiro atoms. The Morgan fingerprint density at radius 1 is 0.814 bits per heavy atom. The third kappa shape index (κ3) is 8.12. The van der Waals surface area contributed by atoms with Gasteiger partial charge in [0, 0.05) is 46.8 Å². The molecule has 1 fully saturated rings. The standard InChI is InChI=1S/C35H36N2O5S/c1-23-32(22-43-31-18-16-30(17-19-31)37-24(2)39)41-35(42-33(23)27-12-10-26(21-38)11-13-27)29-14-8-25(9-15-29)20-36-34(40)28-6-4-3-5-7-28/h3-19,23,32-33,35,38H,20-22H2,1-2H3,(H,36,40)(H,37,39). The number of anilines is 1. The largest absolute Gasteiger partial charge is 0.392 e. The lowest BCUT2D eigenvalue weighted by Crippen LogP contribution is -2.38. The Kier molecular flexibility index (Phi) is 10.3. The number of ether oxygens (including phenoxy) is 2. The molecular weight excluding hydrogens is 560 g/mol. The normalized spacial score (nSPS) is 19.9. The molecule has 1 heterocycles. The molecule has 222 valence electrons. The number of hydrogen-bond acceptors (Lipinski definition) is 6. The fourth-order valence-corrected chi connectivity index (χ4v) is 6.06. The number of benzene rings is 4. The summed E-state index contributed by atoms with van der Waals surface area (Å²) in [6.45, 7) is 4.04. The van der Waals surface area contributed by atoms with Crippen LogP contribution in [0.3, 0.4) is 0 Å². The van der Waals surface area contributed by atoms with Crippen molar-refractivity contribution in [2.75, 3.05) is 11.1 Å². The van der Waals surface area contributed by atoms with E-state index in [1.807, 2.05) is 91.0 Å². The highest BCUT2D eigenvalue weighted by Gasteiger charge is 2.38. The van der Waals surface area contributed by atoms with E-state index in [-0.39, 0.29) is 36.5 Å². The molecule has 7 nitrogen and oxygen atoms in total. The van der Waals surface area contributed by atoms with Crippen molar-refractivity contribution in [1.29, 1.82) is 0 Å². The molecule has 3 N–H and O–H groups in total. The first kappa shape index (κ1) is 30.5. The molecule has 1 aliphatic heterocycles. The van der Waals surface area contributed by atoms with Crippen LogP contribution in [0.1, 0.15) is 58.9 Å². The van der Waals surface area contributed by atoms with E-state index in [2.05, 4.69) is 17.6 Å². The van der Waals surface area contributed by atoms with E-state index in [0.29, 0.717) is 12.1 Å². The Labute approximate surface area is 256 Å². The molecule has 0 aromatic heterocycles. The lowest BCUT2D eigenvalue weighted by atomic mass is 9.91. The van der Waals surface area contributed by atoms with Gasteiger partial charge in [-0.15, -0.1) is 11.8 Å². The van der Waals surface area contributed by atoms with Crippen LogP contribution < -0.4 is 10.6 Å². The van der Waals surface area contributed by atoms with Crippen LogP contribution in [0.2, 0.25) is 0 Å². The van der Waals surface area contributed by atoms with Gasteiger partial charge in [0.05, 0.1) is 18.8 Å². The smallest absolute Gasteiger partial charge is 0.251 e. The number of carbonyl (C=O) groups excluding carboxylic acids is 2. The Bertz CT molecular complexity index is 1490. The summed E-state index contributed by atoms with van der Waals surface area (Å²) >= 11 is 1.70. The minimum atomic E-state index is -0.570. The summed E-state index contributed by atoms with van der Waals surface area (Å²) in [5.74, 6) is 0.571. The second-order valence-corrected chi connectivity index (χ2v) is 11.7. The molecule has 2 amide bonds. The van der Waals surface area contributed by atoms with Gasteiger partial charge in [-0.2, -0.15) is 0 Å². The Morgan fingerprint density at radius 3 is 2.12 bits per heavy atom. The number of rotatable bonds is 10. The van der Waals surface area contributed by atoms with Crippen LogP contribution in [0.5, 0.6) is 0 Å². The maximum atomic E-state index is 12.4. The predicted molar refractivity (Wildman–Crippen MR) is 168 cm³/mol.